The summed E-state index contributed by atoms with van der Waals surface area (Å²) in [5, 5.41) is 12.0. The quantitative estimate of drug-likeness (QED) is 0.745. The zero-order valence-electron chi connectivity index (χ0n) is 14.5. The van der Waals surface area contributed by atoms with Crippen molar-refractivity contribution in [1.82, 2.24) is 15.1 Å². The van der Waals surface area contributed by atoms with E-state index < -0.39 is 0 Å². The van der Waals surface area contributed by atoms with Crippen LogP contribution in [0.2, 0.25) is 5.02 Å². The van der Waals surface area contributed by atoms with Gasteiger partial charge >= 0.3 is 6.03 Å². The summed E-state index contributed by atoms with van der Waals surface area (Å²) in [5.74, 6) is 1.24. The summed E-state index contributed by atoms with van der Waals surface area (Å²) in [4.78, 5) is 16.1. The summed E-state index contributed by atoms with van der Waals surface area (Å²) >= 11 is 6.22. The van der Waals surface area contributed by atoms with Gasteiger partial charge in [0.15, 0.2) is 5.82 Å². The van der Waals surface area contributed by atoms with Crippen molar-refractivity contribution < 1.29 is 9.21 Å². The second kappa shape index (κ2) is 7.67. The van der Waals surface area contributed by atoms with Crippen LogP contribution in [0.4, 0.5) is 16.5 Å². The Morgan fingerprint density at radius 3 is 2.48 bits per heavy atom. The van der Waals surface area contributed by atoms with Gasteiger partial charge < -0.3 is 14.2 Å². The van der Waals surface area contributed by atoms with E-state index in [2.05, 4.69) is 20.4 Å². The summed E-state index contributed by atoms with van der Waals surface area (Å²) < 4.78 is 5.14. The number of rotatable bonds is 3. The number of amides is 2. The van der Waals surface area contributed by atoms with Crippen molar-refractivity contribution in [1.29, 1.82) is 0 Å². The van der Waals surface area contributed by atoms with Gasteiger partial charge in [-0.25, -0.2) is 4.79 Å². The Labute approximate surface area is 161 Å². The lowest BCUT2D eigenvalue weighted by Gasteiger charge is -2.34. The number of hydrogen-bond acceptors (Lipinski definition) is 5. The largest absolute Gasteiger partial charge is 0.449 e. The first-order chi connectivity index (χ1) is 13.2. The second-order valence-corrected chi connectivity index (χ2v) is 6.55. The molecule has 0 saturated carbocycles. The topological polar surface area (TPSA) is 74.5 Å². The maximum atomic E-state index is 12.2. The van der Waals surface area contributed by atoms with E-state index in [0.717, 1.165) is 17.1 Å². The van der Waals surface area contributed by atoms with E-state index in [4.69, 9.17) is 16.0 Å². The van der Waals surface area contributed by atoms with Crippen molar-refractivity contribution in [2.45, 2.75) is 0 Å². The molecule has 3 aromatic rings. The van der Waals surface area contributed by atoms with Crippen molar-refractivity contribution in [2.24, 2.45) is 0 Å². The molecule has 2 aromatic heterocycles. The normalized spacial score (nSPS) is 14.3. The highest BCUT2D eigenvalue weighted by molar-refractivity contribution is 6.33. The summed E-state index contributed by atoms with van der Waals surface area (Å²) in [5.41, 5.74) is 1.60. The molecular formula is C19H18ClN5O2. The minimum absolute atomic E-state index is 0.162. The van der Waals surface area contributed by atoms with Crippen LogP contribution < -0.4 is 10.2 Å². The van der Waals surface area contributed by atoms with Crippen LogP contribution in [0.15, 0.2) is 59.2 Å². The summed E-state index contributed by atoms with van der Waals surface area (Å²) in [7, 11) is 0. The number of urea groups is 1. The molecule has 1 aliphatic heterocycles. The van der Waals surface area contributed by atoms with Crippen LogP contribution >= 0.6 is 11.6 Å². The highest BCUT2D eigenvalue weighted by Gasteiger charge is 2.22. The number of carbonyl (C=O) groups excluding carboxylic acids is 1. The molecule has 8 heteroatoms. The molecule has 138 valence electrons. The number of piperazine rings is 1. The van der Waals surface area contributed by atoms with Crippen LogP contribution in [0.25, 0.3) is 11.3 Å². The number of hydrogen-bond donors (Lipinski definition) is 1. The van der Waals surface area contributed by atoms with Gasteiger partial charge in [0, 0.05) is 37.8 Å². The van der Waals surface area contributed by atoms with Gasteiger partial charge in [0.05, 0.1) is 17.0 Å². The van der Waals surface area contributed by atoms with Crippen molar-refractivity contribution in [2.75, 3.05) is 36.4 Å². The first kappa shape index (κ1) is 17.4. The highest BCUT2D eigenvalue weighted by atomic mass is 35.5. The maximum absolute atomic E-state index is 12.2. The first-order valence-electron chi connectivity index (χ1n) is 8.64. The van der Waals surface area contributed by atoms with Crippen molar-refractivity contribution in [3.05, 3.63) is 59.8 Å². The van der Waals surface area contributed by atoms with Crippen LogP contribution in [0.1, 0.15) is 0 Å². The lowest BCUT2D eigenvalue weighted by Crippen LogP contribution is -2.50. The standard InChI is InChI=1S/C19H18ClN5O2/c20-15-5-2-1-4-14(15)16-7-8-17(23-22-16)24-9-11-25(12-10-24)19(26)21-18-6-3-13-27-18/h1-8,13H,9-12H2,(H,21,26). The molecule has 0 atom stereocenters. The van der Waals surface area contributed by atoms with Gasteiger partial charge in [0.25, 0.3) is 0 Å². The molecule has 1 saturated heterocycles. The minimum atomic E-state index is -0.162. The zero-order chi connectivity index (χ0) is 18.6. The van der Waals surface area contributed by atoms with Crippen LogP contribution in [0.5, 0.6) is 0 Å². The molecule has 0 radical (unpaired) electrons. The van der Waals surface area contributed by atoms with Gasteiger partial charge in [-0.3, -0.25) is 5.32 Å². The van der Waals surface area contributed by atoms with E-state index in [0.29, 0.717) is 37.1 Å². The third kappa shape index (κ3) is 3.88. The van der Waals surface area contributed by atoms with E-state index in [9.17, 15) is 4.79 Å². The molecule has 4 rings (SSSR count). The molecule has 0 spiro atoms. The Hall–Kier alpha value is -3.06. The average Bonchev–Trinajstić information content (AvgIpc) is 3.22. The Bertz CT molecular complexity index is 906. The summed E-state index contributed by atoms with van der Waals surface area (Å²) in [6.45, 7) is 2.57. The van der Waals surface area contributed by atoms with E-state index in [1.165, 1.54) is 6.26 Å². The van der Waals surface area contributed by atoms with Gasteiger partial charge in [0.2, 0.25) is 5.88 Å². The van der Waals surface area contributed by atoms with Crippen LogP contribution in [0, 0.1) is 0 Å². The Balaban J connectivity index is 1.37. The Morgan fingerprint density at radius 1 is 1.00 bits per heavy atom. The fourth-order valence-corrected chi connectivity index (χ4v) is 3.21. The molecule has 27 heavy (non-hydrogen) atoms. The second-order valence-electron chi connectivity index (χ2n) is 6.14. The number of nitrogens with one attached hydrogen (secondary N) is 1. The fourth-order valence-electron chi connectivity index (χ4n) is 2.98. The lowest BCUT2D eigenvalue weighted by molar-refractivity contribution is 0.207. The van der Waals surface area contributed by atoms with E-state index in [1.54, 1.807) is 17.0 Å². The molecule has 1 aromatic carbocycles. The molecule has 0 aliphatic carbocycles. The molecule has 1 N–H and O–H groups in total. The van der Waals surface area contributed by atoms with E-state index in [1.807, 2.05) is 36.4 Å². The molecule has 2 amide bonds. The first-order valence-corrected chi connectivity index (χ1v) is 9.01. The molecule has 3 heterocycles. The van der Waals surface area contributed by atoms with Gasteiger partial charge in [-0.1, -0.05) is 29.8 Å². The number of furan rings is 1. The van der Waals surface area contributed by atoms with Gasteiger partial charge in [-0.05, 0) is 24.3 Å². The van der Waals surface area contributed by atoms with Crippen LogP contribution in [0.3, 0.4) is 0 Å². The number of nitrogens with zero attached hydrogens (tertiary/aromatic N) is 4. The molecular weight excluding hydrogens is 366 g/mol. The highest BCUT2D eigenvalue weighted by Crippen LogP contribution is 2.26. The number of carbonyl (C=O) groups is 1. The third-order valence-electron chi connectivity index (χ3n) is 4.44. The van der Waals surface area contributed by atoms with Crippen LogP contribution in [-0.2, 0) is 0 Å². The minimum Gasteiger partial charge on any atom is -0.449 e. The number of benzene rings is 1. The third-order valence-corrected chi connectivity index (χ3v) is 4.77. The molecule has 1 fully saturated rings. The van der Waals surface area contributed by atoms with E-state index in [-0.39, 0.29) is 6.03 Å². The smallest absolute Gasteiger partial charge is 0.324 e. The molecule has 7 nitrogen and oxygen atoms in total. The van der Waals surface area contributed by atoms with Gasteiger partial charge in [0.1, 0.15) is 0 Å². The maximum Gasteiger partial charge on any atom is 0.324 e. The number of aromatic nitrogens is 2. The SMILES string of the molecule is O=C(Nc1ccco1)N1CCN(c2ccc(-c3ccccc3Cl)nn2)CC1. The predicted octanol–water partition coefficient (Wildman–Crippen LogP) is 3.74. The lowest BCUT2D eigenvalue weighted by atomic mass is 10.1. The van der Waals surface area contributed by atoms with Crippen molar-refractivity contribution in [3.63, 3.8) is 0 Å². The molecule has 1 aliphatic rings. The Morgan fingerprint density at radius 2 is 1.81 bits per heavy atom. The summed E-state index contributed by atoms with van der Waals surface area (Å²) in [6, 6.07) is 14.7. The predicted molar refractivity (Wildman–Crippen MR) is 104 cm³/mol. The number of halogens is 1. The summed E-state index contributed by atoms with van der Waals surface area (Å²) in [6.07, 6.45) is 1.53. The Kier molecular flexibility index (Phi) is 4.93. The van der Waals surface area contributed by atoms with Crippen molar-refractivity contribution >= 4 is 29.3 Å². The fraction of sp³-hybridized carbons (Fsp3) is 0.211. The van der Waals surface area contributed by atoms with Crippen LogP contribution in [-0.4, -0.2) is 47.3 Å². The number of anilines is 2. The molecule has 0 bridgehead atoms. The van der Waals surface area contributed by atoms with Gasteiger partial charge in [-0.15, -0.1) is 10.2 Å². The van der Waals surface area contributed by atoms with Crippen molar-refractivity contribution in [3.8, 4) is 11.3 Å². The monoisotopic (exact) mass is 383 g/mol. The average molecular weight is 384 g/mol. The van der Waals surface area contributed by atoms with E-state index >= 15 is 0 Å². The van der Waals surface area contributed by atoms with Gasteiger partial charge in [-0.2, -0.15) is 0 Å². The zero-order valence-corrected chi connectivity index (χ0v) is 15.3. The molecule has 0 unspecified atom stereocenters.